The van der Waals surface area contributed by atoms with Crippen LogP contribution in [0, 0.1) is 0 Å². The molecule has 1 aliphatic rings. The Kier molecular flexibility index (Phi) is 4.14. The molecular formula is C14H15BrN2O2. The van der Waals surface area contributed by atoms with E-state index in [9.17, 15) is 4.79 Å². The fourth-order valence-corrected chi connectivity index (χ4v) is 2.47. The van der Waals surface area contributed by atoms with Crippen LogP contribution in [0.15, 0.2) is 32.9 Å². The summed E-state index contributed by atoms with van der Waals surface area (Å²) in [5.41, 5.74) is 3.26. The average molecular weight is 323 g/mol. The molecule has 4 nitrogen and oxygen atoms in total. The van der Waals surface area contributed by atoms with E-state index >= 15 is 0 Å². The zero-order valence-corrected chi connectivity index (χ0v) is 12.7. The molecule has 0 bridgehead atoms. The number of hydrogen-bond donors (Lipinski definition) is 0. The Balaban J connectivity index is 2.57. The van der Waals surface area contributed by atoms with Gasteiger partial charge in [-0.3, -0.25) is 4.79 Å². The number of carbonyl (C=O) groups excluding carboxylic acids is 1. The zero-order chi connectivity index (χ0) is 14.0. The predicted molar refractivity (Wildman–Crippen MR) is 78.8 cm³/mol. The van der Waals surface area contributed by atoms with Crippen molar-refractivity contribution in [2.75, 3.05) is 6.61 Å². The summed E-state index contributed by atoms with van der Waals surface area (Å²) in [5.74, 6) is -0.763. The first-order chi connectivity index (χ1) is 9.04. The number of hydrogen-bond acceptors (Lipinski definition) is 4. The second-order valence-electron chi connectivity index (χ2n) is 4.34. The smallest absolute Gasteiger partial charge is 0.319 e. The van der Waals surface area contributed by atoms with Gasteiger partial charge in [-0.25, -0.2) is 0 Å². The number of esters is 1. The van der Waals surface area contributed by atoms with E-state index in [4.69, 9.17) is 4.74 Å². The lowest BCUT2D eigenvalue weighted by molar-refractivity contribution is -0.143. The van der Waals surface area contributed by atoms with Gasteiger partial charge in [-0.15, -0.1) is 0 Å². The number of ether oxygens (including phenoxy) is 1. The van der Waals surface area contributed by atoms with E-state index in [1.54, 1.807) is 13.8 Å². The van der Waals surface area contributed by atoms with Gasteiger partial charge in [0.25, 0.3) is 0 Å². The van der Waals surface area contributed by atoms with Crippen LogP contribution in [0.3, 0.4) is 0 Å². The summed E-state index contributed by atoms with van der Waals surface area (Å²) in [6, 6.07) is 5.79. The van der Waals surface area contributed by atoms with E-state index in [2.05, 4.69) is 26.1 Å². The Bertz CT molecular complexity index is 579. The molecule has 1 aromatic carbocycles. The molecule has 1 unspecified atom stereocenters. The van der Waals surface area contributed by atoms with Crippen molar-refractivity contribution in [2.45, 2.75) is 26.7 Å². The minimum atomic E-state index is -0.482. The fourth-order valence-electron chi connectivity index (χ4n) is 2.11. The molecule has 0 saturated heterocycles. The topological polar surface area (TPSA) is 51.0 Å². The van der Waals surface area contributed by atoms with Crippen molar-refractivity contribution in [2.24, 2.45) is 10.2 Å². The van der Waals surface area contributed by atoms with Crippen molar-refractivity contribution in [3.8, 4) is 0 Å². The minimum absolute atomic E-state index is 0.280. The highest BCUT2D eigenvalue weighted by atomic mass is 79.9. The molecule has 1 aromatic rings. The predicted octanol–water partition coefficient (Wildman–Crippen LogP) is 3.29. The first kappa shape index (κ1) is 13.9. The van der Waals surface area contributed by atoms with E-state index in [-0.39, 0.29) is 5.97 Å². The third-order valence-corrected chi connectivity index (χ3v) is 3.51. The molecule has 0 spiro atoms. The lowest BCUT2D eigenvalue weighted by Crippen LogP contribution is -2.23. The van der Waals surface area contributed by atoms with Gasteiger partial charge in [0.05, 0.1) is 18.0 Å². The second kappa shape index (κ2) is 5.65. The van der Waals surface area contributed by atoms with Gasteiger partial charge in [-0.05, 0) is 38.5 Å². The molecule has 1 atom stereocenters. The van der Waals surface area contributed by atoms with Gasteiger partial charge in [0.1, 0.15) is 5.92 Å². The summed E-state index contributed by atoms with van der Waals surface area (Å²) in [5, 5.41) is 8.28. The molecule has 5 heteroatoms. The lowest BCUT2D eigenvalue weighted by Gasteiger charge is -2.16. The van der Waals surface area contributed by atoms with Gasteiger partial charge in [-0.2, -0.15) is 10.2 Å². The van der Waals surface area contributed by atoms with Crippen LogP contribution in [-0.2, 0) is 9.53 Å². The van der Waals surface area contributed by atoms with Crippen LogP contribution >= 0.6 is 15.9 Å². The van der Waals surface area contributed by atoms with E-state index in [1.165, 1.54) is 0 Å². The molecule has 0 radical (unpaired) electrons. The van der Waals surface area contributed by atoms with Crippen molar-refractivity contribution in [1.29, 1.82) is 0 Å². The Hall–Kier alpha value is -1.49. The first-order valence-electron chi connectivity index (χ1n) is 6.09. The number of nitrogens with zero attached hydrogens (tertiary/aromatic N) is 2. The molecule has 0 fully saturated rings. The van der Waals surface area contributed by atoms with Crippen LogP contribution in [0.4, 0.5) is 0 Å². The van der Waals surface area contributed by atoms with Crippen molar-refractivity contribution < 1.29 is 9.53 Å². The first-order valence-corrected chi connectivity index (χ1v) is 6.89. The van der Waals surface area contributed by atoms with Gasteiger partial charge >= 0.3 is 5.97 Å². The summed E-state index contributed by atoms with van der Waals surface area (Å²) in [6.45, 7) is 5.84. The summed E-state index contributed by atoms with van der Waals surface area (Å²) < 4.78 is 6.09. The van der Waals surface area contributed by atoms with Crippen molar-refractivity contribution >= 4 is 33.3 Å². The molecule has 0 N–H and O–H groups in total. The number of halogens is 1. The van der Waals surface area contributed by atoms with Gasteiger partial charge < -0.3 is 4.74 Å². The molecular weight excluding hydrogens is 308 g/mol. The molecule has 2 rings (SSSR count). The Morgan fingerprint density at radius 2 is 2.11 bits per heavy atom. The molecule has 0 aliphatic carbocycles. The normalized spacial score (nSPS) is 18.0. The van der Waals surface area contributed by atoms with Crippen molar-refractivity contribution in [1.82, 2.24) is 0 Å². The summed E-state index contributed by atoms with van der Waals surface area (Å²) >= 11 is 3.44. The third kappa shape index (κ3) is 2.76. The largest absolute Gasteiger partial charge is 0.465 e. The third-order valence-electron chi connectivity index (χ3n) is 3.01. The molecule has 1 aliphatic heterocycles. The Labute approximate surface area is 120 Å². The van der Waals surface area contributed by atoms with Gasteiger partial charge in [0.2, 0.25) is 0 Å². The molecule has 0 saturated carbocycles. The Morgan fingerprint density at radius 3 is 2.79 bits per heavy atom. The Morgan fingerprint density at radius 1 is 1.37 bits per heavy atom. The maximum absolute atomic E-state index is 12.1. The van der Waals surface area contributed by atoms with Crippen LogP contribution in [0.5, 0.6) is 0 Å². The molecule has 19 heavy (non-hydrogen) atoms. The summed E-state index contributed by atoms with van der Waals surface area (Å²) in [6.07, 6.45) is 0. The van der Waals surface area contributed by atoms with Crippen LogP contribution in [0.1, 0.15) is 37.8 Å². The highest BCUT2D eigenvalue weighted by Gasteiger charge is 2.29. The van der Waals surface area contributed by atoms with E-state index < -0.39 is 5.92 Å². The van der Waals surface area contributed by atoms with Crippen LogP contribution < -0.4 is 0 Å². The van der Waals surface area contributed by atoms with E-state index in [1.807, 2.05) is 25.1 Å². The van der Waals surface area contributed by atoms with Crippen LogP contribution in [0.2, 0.25) is 0 Å². The van der Waals surface area contributed by atoms with Crippen molar-refractivity contribution in [3.63, 3.8) is 0 Å². The zero-order valence-electron chi connectivity index (χ0n) is 11.1. The fraction of sp³-hybridized carbons (Fsp3) is 0.357. The average Bonchev–Trinajstić information content (AvgIpc) is 2.49. The van der Waals surface area contributed by atoms with Crippen molar-refractivity contribution in [3.05, 3.63) is 33.8 Å². The maximum Gasteiger partial charge on any atom is 0.319 e. The highest BCUT2D eigenvalue weighted by Crippen LogP contribution is 2.29. The van der Waals surface area contributed by atoms with Gasteiger partial charge in [0, 0.05) is 10.0 Å². The SMILES string of the molecule is CCOC(=O)C1C(C)=NN=C(C)c2cc(Br)ccc21. The van der Waals surface area contributed by atoms with Crippen LogP contribution in [-0.4, -0.2) is 24.0 Å². The summed E-state index contributed by atoms with van der Waals surface area (Å²) in [7, 11) is 0. The second-order valence-corrected chi connectivity index (χ2v) is 5.26. The minimum Gasteiger partial charge on any atom is -0.465 e. The number of fused-ring (bicyclic) bond motifs is 1. The number of carbonyl (C=O) groups is 1. The number of benzene rings is 1. The molecule has 1 heterocycles. The van der Waals surface area contributed by atoms with E-state index in [0.717, 1.165) is 21.3 Å². The number of rotatable bonds is 2. The molecule has 0 amide bonds. The van der Waals surface area contributed by atoms with E-state index in [0.29, 0.717) is 12.3 Å². The van der Waals surface area contributed by atoms with Gasteiger partial charge in [0.15, 0.2) is 0 Å². The maximum atomic E-state index is 12.1. The lowest BCUT2D eigenvalue weighted by atomic mass is 9.89. The standard InChI is InChI=1S/C14H15BrN2O2/c1-4-19-14(18)13-9(3)17-16-8(2)12-7-10(15)5-6-11(12)13/h5-7,13H,4H2,1-3H3. The highest BCUT2D eigenvalue weighted by molar-refractivity contribution is 9.10. The summed E-state index contributed by atoms with van der Waals surface area (Å²) in [4.78, 5) is 12.1. The van der Waals surface area contributed by atoms with Crippen LogP contribution in [0.25, 0.3) is 0 Å². The van der Waals surface area contributed by atoms with Gasteiger partial charge in [-0.1, -0.05) is 22.0 Å². The monoisotopic (exact) mass is 322 g/mol. The molecule has 0 aromatic heterocycles. The quantitative estimate of drug-likeness (QED) is 0.784. The molecule has 100 valence electrons.